The maximum absolute atomic E-state index is 13.0. The second-order valence-electron chi connectivity index (χ2n) is 5.38. The molecule has 1 fully saturated rings. The molecule has 1 unspecified atom stereocenters. The first-order valence-corrected chi connectivity index (χ1v) is 7.25. The third-order valence-electron chi connectivity index (χ3n) is 3.76. The molecule has 0 aliphatic carbocycles. The number of halogens is 3. The lowest BCUT2D eigenvalue weighted by Gasteiger charge is -2.19. The van der Waals surface area contributed by atoms with E-state index in [2.05, 4.69) is 15.5 Å². The fourth-order valence-corrected chi connectivity index (χ4v) is 2.66. The minimum absolute atomic E-state index is 0.00586. The van der Waals surface area contributed by atoms with E-state index >= 15 is 0 Å². The third kappa shape index (κ3) is 3.30. The minimum Gasteiger partial charge on any atom is -0.338 e. The molecule has 22 heavy (non-hydrogen) atoms. The first-order valence-electron chi connectivity index (χ1n) is 7.25. The van der Waals surface area contributed by atoms with Gasteiger partial charge in [0.15, 0.2) is 5.82 Å². The van der Waals surface area contributed by atoms with Gasteiger partial charge in [0.2, 0.25) is 5.89 Å². The molecule has 0 saturated carbocycles. The van der Waals surface area contributed by atoms with Crippen LogP contribution in [-0.2, 0) is 12.6 Å². The Hall–Kier alpha value is -1.89. The van der Waals surface area contributed by atoms with Gasteiger partial charge < -0.3 is 9.84 Å². The van der Waals surface area contributed by atoms with Gasteiger partial charge in [-0.3, -0.25) is 0 Å². The molecule has 2 aromatic rings. The van der Waals surface area contributed by atoms with E-state index in [1.165, 1.54) is 12.1 Å². The van der Waals surface area contributed by atoms with Crippen LogP contribution in [0.5, 0.6) is 0 Å². The molecule has 118 valence electrons. The van der Waals surface area contributed by atoms with Crippen molar-refractivity contribution in [3.8, 4) is 0 Å². The van der Waals surface area contributed by atoms with Crippen molar-refractivity contribution in [2.75, 3.05) is 6.54 Å². The maximum Gasteiger partial charge on any atom is 0.416 e. The van der Waals surface area contributed by atoms with Crippen molar-refractivity contribution in [2.45, 2.75) is 37.9 Å². The summed E-state index contributed by atoms with van der Waals surface area (Å²) in [5.74, 6) is 0.735. The number of aromatic nitrogens is 2. The van der Waals surface area contributed by atoms with Crippen molar-refractivity contribution < 1.29 is 17.7 Å². The van der Waals surface area contributed by atoms with Crippen LogP contribution in [0, 0.1) is 0 Å². The van der Waals surface area contributed by atoms with Gasteiger partial charge in [-0.05, 0) is 31.0 Å². The van der Waals surface area contributed by atoms with Crippen molar-refractivity contribution >= 4 is 0 Å². The molecule has 3 rings (SSSR count). The Balaban J connectivity index is 1.78. The summed E-state index contributed by atoms with van der Waals surface area (Å²) in [6, 6.07) is 5.47. The van der Waals surface area contributed by atoms with E-state index in [9.17, 15) is 13.2 Å². The van der Waals surface area contributed by atoms with E-state index in [0.29, 0.717) is 5.89 Å². The Morgan fingerprint density at radius 3 is 2.77 bits per heavy atom. The highest BCUT2D eigenvalue weighted by Gasteiger charge is 2.33. The van der Waals surface area contributed by atoms with Crippen LogP contribution in [0.15, 0.2) is 28.8 Å². The zero-order valence-corrected chi connectivity index (χ0v) is 11.9. The lowest BCUT2D eigenvalue weighted by atomic mass is 10.0. The fraction of sp³-hybridized carbons (Fsp3) is 0.467. The van der Waals surface area contributed by atoms with Gasteiger partial charge in [-0.2, -0.15) is 18.2 Å². The molecule has 0 bridgehead atoms. The lowest BCUT2D eigenvalue weighted by Crippen LogP contribution is -2.27. The number of rotatable bonds is 3. The predicted molar refractivity (Wildman–Crippen MR) is 73.1 cm³/mol. The molecule has 1 aromatic carbocycles. The minimum atomic E-state index is -4.38. The van der Waals surface area contributed by atoms with Crippen molar-refractivity contribution in [1.82, 2.24) is 15.5 Å². The molecule has 1 atom stereocenters. The van der Waals surface area contributed by atoms with Gasteiger partial charge in [0, 0.05) is 6.42 Å². The molecule has 1 saturated heterocycles. The monoisotopic (exact) mass is 311 g/mol. The van der Waals surface area contributed by atoms with Crippen LogP contribution in [0.1, 0.15) is 48.1 Å². The number of nitrogens with zero attached hydrogens (tertiary/aromatic N) is 2. The van der Waals surface area contributed by atoms with E-state index in [0.717, 1.165) is 31.9 Å². The second-order valence-corrected chi connectivity index (χ2v) is 5.38. The average Bonchev–Trinajstić information content (AvgIpc) is 2.96. The smallest absolute Gasteiger partial charge is 0.338 e. The Kier molecular flexibility index (Phi) is 4.15. The lowest BCUT2D eigenvalue weighted by molar-refractivity contribution is -0.138. The fourth-order valence-electron chi connectivity index (χ4n) is 2.66. The van der Waals surface area contributed by atoms with Crippen molar-refractivity contribution in [1.29, 1.82) is 0 Å². The molecular formula is C15H16F3N3O. The summed E-state index contributed by atoms with van der Waals surface area (Å²) >= 11 is 0. The van der Waals surface area contributed by atoms with Gasteiger partial charge in [0.25, 0.3) is 0 Å². The van der Waals surface area contributed by atoms with Gasteiger partial charge in [0.05, 0.1) is 11.6 Å². The summed E-state index contributed by atoms with van der Waals surface area (Å²) in [5, 5.41) is 7.09. The topological polar surface area (TPSA) is 51.0 Å². The van der Waals surface area contributed by atoms with E-state index in [4.69, 9.17) is 4.52 Å². The van der Waals surface area contributed by atoms with Crippen LogP contribution in [0.2, 0.25) is 0 Å². The molecule has 7 heteroatoms. The number of piperidine rings is 1. The summed E-state index contributed by atoms with van der Waals surface area (Å²) in [7, 11) is 0. The highest BCUT2D eigenvalue weighted by atomic mass is 19.4. The van der Waals surface area contributed by atoms with Crippen LogP contribution in [0.25, 0.3) is 0 Å². The summed E-state index contributed by atoms with van der Waals surface area (Å²) in [6.45, 7) is 0.888. The zero-order chi connectivity index (χ0) is 15.6. The number of hydrogen-bond acceptors (Lipinski definition) is 4. The Morgan fingerprint density at radius 2 is 2.05 bits per heavy atom. The predicted octanol–water partition coefficient (Wildman–Crippen LogP) is 3.49. The van der Waals surface area contributed by atoms with E-state index in [-0.39, 0.29) is 23.9 Å². The largest absolute Gasteiger partial charge is 0.416 e. The molecule has 1 aromatic heterocycles. The summed E-state index contributed by atoms with van der Waals surface area (Å²) in [6.07, 6.45) is -1.29. The van der Waals surface area contributed by atoms with E-state index in [1.807, 2.05) is 0 Å². The summed E-state index contributed by atoms with van der Waals surface area (Å²) in [5.41, 5.74) is -0.504. The first kappa shape index (κ1) is 15.0. The van der Waals surface area contributed by atoms with Gasteiger partial charge >= 0.3 is 6.18 Å². The van der Waals surface area contributed by atoms with Crippen molar-refractivity contribution in [3.05, 3.63) is 47.1 Å². The zero-order valence-electron chi connectivity index (χ0n) is 11.9. The first-order chi connectivity index (χ1) is 10.5. The van der Waals surface area contributed by atoms with Crippen LogP contribution in [-0.4, -0.2) is 16.7 Å². The average molecular weight is 311 g/mol. The number of alkyl halides is 3. The Morgan fingerprint density at radius 1 is 1.23 bits per heavy atom. The van der Waals surface area contributed by atoms with Crippen LogP contribution in [0.3, 0.4) is 0 Å². The molecule has 1 aliphatic heterocycles. The number of benzene rings is 1. The standard InChI is InChI=1S/C15H16F3N3O/c16-15(17,18)11-6-2-1-5-10(11)9-13-20-14(22-21-13)12-7-3-4-8-19-12/h1-2,5-6,12,19H,3-4,7-9H2. The van der Waals surface area contributed by atoms with E-state index < -0.39 is 11.7 Å². The molecule has 4 nitrogen and oxygen atoms in total. The number of nitrogens with one attached hydrogen (secondary N) is 1. The summed E-state index contributed by atoms with van der Waals surface area (Å²) < 4.78 is 44.1. The van der Waals surface area contributed by atoms with Crippen molar-refractivity contribution in [2.24, 2.45) is 0 Å². The van der Waals surface area contributed by atoms with Gasteiger partial charge in [-0.15, -0.1) is 0 Å². The highest BCUT2D eigenvalue weighted by molar-refractivity contribution is 5.31. The Labute approximate surface area is 125 Å². The molecule has 1 aliphatic rings. The normalized spacial score (nSPS) is 19.3. The molecule has 0 amide bonds. The number of hydrogen-bond donors (Lipinski definition) is 1. The van der Waals surface area contributed by atoms with Gasteiger partial charge in [-0.1, -0.05) is 29.8 Å². The van der Waals surface area contributed by atoms with Crippen LogP contribution >= 0.6 is 0 Å². The summed E-state index contributed by atoms with van der Waals surface area (Å²) in [4.78, 5) is 4.24. The molecule has 0 radical (unpaired) electrons. The third-order valence-corrected chi connectivity index (χ3v) is 3.76. The second kappa shape index (κ2) is 6.08. The molecule has 0 spiro atoms. The van der Waals surface area contributed by atoms with Crippen LogP contribution in [0.4, 0.5) is 13.2 Å². The quantitative estimate of drug-likeness (QED) is 0.942. The van der Waals surface area contributed by atoms with Gasteiger partial charge in [-0.25, -0.2) is 0 Å². The highest BCUT2D eigenvalue weighted by Crippen LogP contribution is 2.32. The van der Waals surface area contributed by atoms with E-state index in [1.54, 1.807) is 6.07 Å². The van der Waals surface area contributed by atoms with Gasteiger partial charge in [0.1, 0.15) is 0 Å². The molecular weight excluding hydrogens is 295 g/mol. The van der Waals surface area contributed by atoms with Crippen LogP contribution < -0.4 is 5.32 Å². The Bertz CT molecular complexity index is 633. The maximum atomic E-state index is 13.0. The molecule has 1 N–H and O–H groups in total. The SMILES string of the molecule is FC(F)(F)c1ccccc1Cc1noc(C2CCCCN2)n1. The molecule has 2 heterocycles. The van der Waals surface area contributed by atoms with Crippen molar-refractivity contribution in [3.63, 3.8) is 0 Å².